The quantitative estimate of drug-likeness (QED) is 0.740. The van der Waals surface area contributed by atoms with Crippen molar-refractivity contribution in [3.05, 3.63) is 48.4 Å². The van der Waals surface area contributed by atoms with Gasteiger partial charge in [0, 0.05) is 11.8 Å². The molecular formula is C14H16FNSi. The van der Waals surface area contributed by atoms with E-state index in [2.05, 4.69) is 24.6 Å². The van der Waals surface area contributed by atoms with Crippen molar-refractivity contribution in [2.24, 2.45) is 0 Å². The van der Waals surface area contributed by atoms with E-state index < -0.39 is 8.07 Å². The summed E-state index contributed by atoms with van der Waals surface area (Å²) in [6.07, 6.45) is 1.80. The van der Waals surface area contributed by atoms with Crippen LogP contribution < -0.4 is 5.19 Å². The Morgan fingerprint density at radius 2 is 1.76 bits per heavy atom. The molecule has 0 aliphatic carbocycles. The minimum absolute atomic E-state index is 0.261. The van der Waals surface area contributed by atoms with E-state index in [4.69, 9.17) is 1.37 Å². The second-order valence-electron chi connectivity index (χ2n) is 5.10. The highest BCUT2D eigenvalue weighted by Crippen LogP contribution is 2.16. The van der Waals surface area contributed by atoms with Gasteiger partial charge in [0.05, 0.1) is 15.1 Å². The van der Waals surface area contributed by atoms with Gasteiger partial charge in [-0.15, -0.1) is 0 Å². The van der Waals surface area contributed by atoms with Crippen molar-refractivity contribution in [2.45, 2.75) is 19.6 Å². The molecule has 2 rings (SSSR count). The minimum atomic E-state index is -1.52. The smallest absolute Gasteiger partial charge is 0.123 e. The molecule has 0 amide bonds. The summed E-state index contributed by atoms with van der Waals surface area (Å²) in [5.74, 6) is -0.261. The van der Waals surface area contributed by atoms with Crippen LogP contribution in [0.3, 0.4) is 0 Å². The van der Waals surface area contributed by atoms with Crippen LogP contribution >= 0.6 is 0 Å². The van der Waals surface area contributed by atoms with E-state index in [9.17, 15) is 4.39 Å². The fourth-order valence-corrected chi connectivity index (χ4v) is 2.50. The molecule has 0 saturated carbocycles. The van der Waals surface area contributed by atoms with Crippen LogP contribution in [-0.4, -0.2) is 13.1 Å². The van der Waals surface area contributed by atoms with E-state index in [0.29, 0.717) is 6.04 Å². The SMILES string of the molecule is [2H]c1cc(-c2ccc(F)cc2)ncc1[Si](C)(C)C. The van der Waals surface area contributed by atoms with Crippen molar-refractivity contribution in [3.63, 3.8) is 0 Å². The fraction of sp³-hybridized carbons (Fsp3) is 0.214. The van der Waals surface area contributed by atoms with Crippen molar-refractivity contribution in [2.75, 3.05) is 0 Å². The Bertz CT molecular complexity index is 561. The van der Waals surface area contributed by atoms with Gasteiger partial charge in [-0.3, -0.25) is 4.98 Å². The molecule has 0 radical (unpaired) electrons. The first-order valence-electron chi connectivity index (χ1n) is 6.11. The normalized spacial score (nSPS) is 12.4. The van der Waals surface area contributed by atoms with Crippen molar-refractivity contribution in [3.8, 4) is 11.3 Å². The molecule has 1 aromatic heterocycles. The van der Waals surface area contributed by atoms with Gasteiger partial charge >= 0.3 is 0 Å². The van der Waals surface area contributed by atoms with Crippen LogP contribution in [0.15, 0.2) is 42.6 Å². The van der Waals surface area contributed by atoms with Crippen molar-refractivity contribution < 1.29 is 5.76 Å². The van der Waals surface area contributed by atoms with Crippen LogP contribution in [0.4, 0.5) is 4.39 Å². The average Bonchev–Trinajstić information content (AvgIpc) is 2.28. The summed E-state index contributed by atoms with van der Waals surface area (Å²) in [6, 6.07) is 8.49. The molecule has 0 N–H and O–H groups in total. The number of hydrogen-bond acceptors (Lipinski definition) is 1. The number of aromatic nitrogens is 1. The first-order chi connectivity index (χ1) is 8.38. The second kappa shape index (κ2) is 4.41. The third-order valence-electron chi connectivity index (χ3n) is 2.65. The highest BCUT2D eigenvalue weighted by Gasteiger charge is 2.16. The van der Waals surface area contributed by atoms with E-state index in [-0.39, 0.29) is 5.82 Å². The maximum Gasteiger partial charge on any atom is 0.123 e. The van der Waals surface area contributed by atoms with Gasteiger partial charge in [-0.2, -0.15) is 0 Å². The number of pyridine rings is 1. The highest BCUT2D eigenvalue weighted by molar-refractivity contribution is 6.88. The maximum absolute atomic E-state index is 12.9. The lowest BCUT2D eigenvalue weighted by Crippen LogP contribution is -2.37. The molecule has 0 unspecified atom stereocenters. The first kappa shape index (κ1) is 10.7. The third-order valence-corrected chi connectivity index (χ3v) is 4.53. The Morgan fingerprint density at radius 1 is 1.12 bits per heavy atom. The summed E-state index contributed by atoms with van der Waals surface area (Å²) in [5, 5.41) is 1.05. The van der Waals surface area contributed by atoms with Crippen LogP contribution in [-0.2, 0) is 0 Å². The zero-order valence-corrected chi connectivity index (χ0v) is 11.3. The van der Waals surface area contributed by atoms with Gasteiger partial charge in [0.25, 0.3) is 0 Å². The third kappa shape index (κ3) is 2.80. The molecule has 0 fully saturated rings. The van der Waals surface area contributed by atoms with E-state index in [1.807, 2.05) is 0 Å². The van der Waals surface area contributed by atoms with Gasteiger partial charge in [-0.25, -0.2) is 4.39 Å². The molecule has 17 heavy (non-hydrogen) atoms. The molecule has 2 aromatic rings. The molecule has 0 bridgehead atoms. The lowest BCUT2D eigenvalue weighted by atomic mass is 10.1. The molecule has 1 heterocycles. The predicted molar refractivity (Wildman–Crippen MR) is 72.6 cm³/mol. The minimum Gasteiger partial charge on any atom is -0.256 e. The molecule has 1 aromatic carbocycles. The molecule has 1 nitrogen and oxygen atoms in total. The largest absolute Gasteiger partial charge is 0.256 e. The zero-order chi connectivity index (χ0) is 13.3. The van der Waals surface area contributed by atoms with Crippen LogP contribution in [0, 0.1) is 5.82 Å². The summed E-state index contributed by atoms with van der Waals surface area (Å²) in [6.45, 7) is 6.58. The van der Waals surface area contributed by atoms with Crippen LogP contribution in [0.1, 0.15) is 1.37 Å². The number of hydrogen-bond donors (Lipinski definition) is 0. The predicted octanol–water partition coefficient (Wildman–Crippen LogP) is 3.43. The van der Waals surface area contributed by atoms with Gasteiger partial charge in [0.15, 0.2) is 0 Å². The molecule has 0 spiro atoms. The van der Waals surface area contributed by atoms with Gasteiger partial charge in [0.2, 0.25) is 0 Å². The van der Waals surface area contributed by atoms with Gasteiger partial charge < -0.3 is 0 Å². The lowest BCUT2D eigenvalue weighted by molar-refractivity contribution is 0.628. The summed E-state index contributed by atoms with van der Waals surface area (Å²) >= 11 is 0. The monoisotopic (exact) mass is 246 g/mol. The molecule has 3 heteroatoms. The van der Waals surface area contributed by atoms with Crippen molar-refractivity contribution in [1.82, 2.24) is 4.98 Å². The molecule has 88 valence electrons. The van der Waals surface area contributed by atoms with Crippen LogP contribution in [0.25, 0.3) is 11.3 Å². The molecule has 0 aliphatic heterocycles. The number of benzene rings is 1. The summed E-state index contributed by atoms with van der Waals surface area (Å²) in [4.78, 5) is 4.40. The Hall–Kier alpha value is -1.48. The number of nitrogens with zero attached hydrogens (tertiary/aromatic N) is 1. The van der Waals surface area contributed by atoms with Crippen LogP contribution in [0.2, 0.25) is 19.6 Å². The van der Waals surface area contributed by atoms with E-state index in [1.54, 1.807) is 24.4 Å². The Morgan fingerprint density at radius 3 is 2.29 bits per heavy atom. The summed E-state index contributed by atoms with van der Waals surface area (Å²) < 4.78 is 20.9. The molecule has 0 saturated heterocycles. The second-order valence-corrected chi connectivity index (χ2v) is 10.1. The van der Waals surface area contributed by atoms with Gasteiger partial charge in [-0.1, -0.05) is 25.7 Å². The van der Waals surface area contributed by atoms with Gasteiger partial charge in [0.1, 0.15) is 5.82 Å². The standard InChI is InChI=1S/C14H16FNSi/c1-17(2,3)13-8-9-14(16-10-13)11-4-6-12(15)7-5-11/h4-10H,1-3H3/i8D. The number of halogens is 1. The Balaban J connectivity index is 2.43. The maximum atomic E-state index is 12.9. The first-order valence-corrected chi connectivity index (χ1v) is 9.11. The average molecular weight is 246 g/mol. The van der Waals surface area contributed by atoms with E-state index in [0.717, 1.165) is 16.4 Å². The van der Waals surface area contributed by atoms with E-state index >= 15 is 0 Å². The molecule has 0 atom stereocenters. The topological polar surface area (TPSA) is 12.9 Å². The van der Waals surface area contributed by atoms with Crippen LogP contribution in [0.5, 0.6) is 0 Å². The number of rotatable bonds is 2. The Labute approximate surface area is 104 Å². The zero-order valence-electron chi connectivity index (χ0n) is 11.3. The fourth-order valence-electron chi connectivity index (χ4n) is 1.54. The van der Waals surface area contributed by atoms with Gasteiger partial charge in [-0.05, 0) is 35.5 Å². The van der Waals surface area contributed by atoms with Crippen molar-refractivity contribution in [1.29, 1.82) is 0 Å². The Kier molecular flexibility index (Phi) is 2.77. The summed E-state index contributed by atoms with van der Waals surface area (Å²) in [5.41, 5.74) is 1.56. The summed E-state index contributed by atoms with van der Waals surface area (Å²) in [7, 11) is -1.52. The molecular weight excluding hydrogens is 229 g/mol. The molecule has 0 aliphatic rings. The highest BCUT2D eigenvalue weighted by atomic mass is 28.3. The van der Waals surface area contributed by atoms with E-state index in [1.165, 1.54) is 12.1 Å². The lowest BCUT2D eigenvalue weighted by Gasteiger charge is -2.16. The van der Waals surface area contributed by atoms with Crippen molar-refractivity contribution >= 4 is 13.3 Å².